The summed E-state index contributed by atoms with van der Waals surface area (Å²) in [6, 6.07) is 0. The van der Waals surface area contributed by atoms with Crippen molar-refractivity contribution in [2.45, 2.75) is 47.2 Å². The third-order valence-electron chi connectivity index (χ3n) is 2.72. The molecule has 0 aliphatic rings. The molecule has 0 aromatic carbocycles. The molecule has 0 aromatic heterocycles. The number of carbonyl (C=O) groups excluding carboxylic acids is 1. The van der Waals surface area contributed by atoms with Crippen LogP contribution in [0.3, 0.4) is 0 Å². The van der Waals surface area contributed by atoms with E-state index < -0.39 is 11.6 Å². The van der Waals surface area contributed by atoms with Gasteiger partial charge >= 0.3 is 37.3 Å². The van der Waals surface area contributed by atoms with Gasteiger partial charge in [0.15, 0.2) is 0 Å². The summed E-state index contributed by atoms with van der Waals surface area (Å²) in [4.78, 5) is 9.28. The molecule has 0 aliphatic carbocycles. The summed E-state index contributed by atoms with van der Waals surface area (Å²) in [5.74, 6) is -0.381. The van der Waals surface area contributed by atoms with Crippen molar-refractivity contribution < 1.29 is 49.1 Å². The van der Waals surface area contributed by atoms with Crippen molar-refractivity contribution in [3.8, 4) is 0 Å². The second-order valence-electron chi connectivity index (χ2n) is 4.56. The molecule has 0 heterocycles. The van der Waals surface area contributed by atoms with Gasteiger partial charge in [-0.15, -0.1) is 0 Å². The standard InChI is InChI=1S/C9H16F3.C4H5O.U/c1-5-6-8(4,7(2)3)9(10,11)12;1-4(2)3-5;/h5,7H,6H2,1-4H3;1H2,2H3;/q2*-1;+2. The number of hydrogen-bond acceptors (Lipinski definition) is 1. The second kappa shape index (κ2) is 10.1. The van der Waals surface area contributed by atoms with Crippen LogP contribution in [0.15, 0.2) is 12.2 Å². The monoisotopic (exact) mass is 488 g/mol. The minimum atomic E-state index is -4.10. The van der Waals surface area contributed by atoms with E-state index >= 15 is 0 Å². The average molecular weight is 488 g/mol. The molecule has 0 rings (SSSR count). The zero-order valence-corrected chi connectivity index (χ0v) is 15.8. The van der Waals surface area contributed by atoms with Crippen LogP contribution >= 0.6 is 0 Å². The van der Waals surface area contributed by atoms with Crippen LogP contribution in [0.1, 0.15) is 41.0 Å². The Morgan fingerprint density at radius 3 is 1.78 bits per heavy atom. The number of hydrogen-bond donors (Lipinski definition) is 0. The Morgan fingerprint density at radius 2 is 1.72 bits per heavy atom. The van der Waals surface area contributed by atoms with Crippen molar-refractivity contribution in [2.24, 2.45) is 11.3 Å². The van der Waals surface area contributed by atoms with E-state index in [9.17, 15) is 18.0 Å². The normalized spacial score (nSPS) is 13.8. The first-order valence-electron chi connectivity index (χ1n) is 5.41. The van der Waals surface area contributed by atoms with Crippen molar-refractivity contribution in [1.29, 1.82) is 0 Å². The SMILES string of the molecule is C=C(C)[C-]=O.C[CH-]CC(C)(C(C)C)C(F)(F)F.[U+2]. The fourth-order valence-corrected chi connectivity index (χ4v) is 1.10. The average Bonchev–Trinajstić information content (AvgIpc) is 2.16. The van der Waals surface area contributed by atoms with Gasteiger partial charge in [-0.1, -0.05) is 27.7 Å². The van der Waals surface area contributed by atoms with E-state index in [4.69, 9.17) is 0 Å². The van der Waals surface area contributed by atoms with E-state index in [0.717, 1.165) is 0 Å². The van der Waals surface area contributed by atoms with E-state index in [0.29, 0.717) is 5.57 Å². The van der Waals surface area contributed by atoms with Gasteiger partial charge in [0.05, 0.1) is 0 Å². The number of rotatable bonds is 4. The van der Waals surface area contributed by atoms with E-state index in [-0.39, 0.29) is 43.5 Å². The molecule has 18 heavy (non-hydrogen) atoms. The Bertz CT molecular complexity index is 249. The zero-order valence-electron chi connectivity index (χ0n) is 11.6. The van der Waals surface area contributed by atoms with Crippen LogP contribution in [0, 0.1) is 48.9 Å². The van der Waals surface area contributed by atoms with Gasteiger partial charge in [-0.2, -0.15) is 32.1 Å². The van der Waals surface area contributed by atoms with Crippen LogP contribution in [0.2, 0.25) is 0 Å². The molecule has 0 bridgehead atoms. The van der Waals surface area contributed by atoms with Gasteiger partial charge in [-0.05, 0) is 12.2 Å². The second-order valence-corrected chi connectivity index (χ2v) is 4.56. The summed E-state index contributed by atoms with van der Waals surface area (Å²) in [6.07, 6.45) is -0.852. The van der Waals surface area contributed by atoms with Crippen molar-refractivity contribution in [3.05, 3.63) is 18.6 Å². The van der Waals surface area contributed by atoms with E-state index in [2.05, 4.69) is 6.58 Å². The molecule has 104 valence electrons. The van der Waals surface area contributed by atoms with Crippen LogP contribution in [0.5, 0.6) is 0 Å². The Morgan fingerprint density at radius 1 is 1.39 bits per heavy atom. The summed E-state index contributed by atoms with van der Waals surface area (Å²) < 4.78 is 37.6. The van der Waals surface area contributed by atoms with Crippen molar-refractivity contribution in [1.82, 2.24) is 0 Å². The van der Waals surface area contributed by atoms with Crippen LogP contribution in [0.25, 0.3) is 0 Å². The molecule has 1 unspecified atom stereocenters. The molecule has 0 radical (unpaired) electrons. The molecule has 1 nitrogen and oxygen atoms in total. The minimum absolute atomic E-state index is 0. The van der Waals surface area contributed by atoms with Gasteiger partial charge in [0.25, 0.3) is 0 Å². The molecule has 5 heteroatoms. The summed E-state index contributed by atoms with van der Waals surface area (Å²) in [6.45, 7) is 11.0. The summed E-state index contributed by atoms with van der Waals surface area (Å²) in [5, 5.41) is 0. The van der Waals surface area contributed by atoms with E-state index in [1.54, 1.807) is 40.4 Å². The molecule has 0 spiro atoms. The van der Waals surface area contributed by atoms with Crippen LogP contribution in [-0.2, 0) is 4.79 Å². The molecule has 0 fully saturated rings. The summed E-state index contributed by atoms with van der Waals surface area (Å²) in [5.41, 5.74) is -1.12. The van der Waals surface area contributed by atoms with Gasteiger partial charge in [-0.3, -0.25) is 0 Å². The first kappa shape index (κ1) is 23.4. The fraction of sp³-hybridized carbons (Fsp3) is 0.692. The predicted octanol–water partition coefficient (Wildman–Crippen LogP) is 4.50. The molecule has 0 aliphatic heterocycles. The topological polar surface area (TPSA) is 17.1 Å². The number of allylic oxidation sites excluding steroid dienone is 1. The molecule has 1 atom stereocenters. The molecule has 0 N–H and O–H groups in total. The fourth-order valence-electron chi connectivity index (χ4n) is 1.10. The quantitative estimate of drug-likeness (QED) is 0.421. The maximum Gasteiger partial charge on any atom is 2.00 e. The largest absolute Gasteiger partial charge is 2.00 e. The zero-order chi connectivity index (χ0) is 14.3. The molecule has 0 saturated carbocycles. The smallest absolute Gasteiger partial charge is 0.419 e. The summed E-state index contributed by atoms with van der Waals surface area (Å²) >= 11 is 0. The van der Waals surface area contributed by atoms with Gasteiger partial charge in [0.1, 0.15) is 0 Å². The number of alkyl halides is 3. The van der Waals surface area contributed by atoms with E-state index in [1.165, 1.54) is 6.92 Å². The Hall–Kier alpha value is 0.252. The predicted molar refractivity (Wildman–Crippen MR) is 64.1 cm³/mol. The first-order valence-corrected chi connectivity index (χ1v) is 5.41. The molecule has 0 saturated heterocycles. The van der Waals surface area contributed by atoms with Gasteiger partial charge in [0.2, 0.25) is 0 Å². The van der Waals surface area contributed by atoms with E-state index in [1.807, 2.05) is 0 Å². The number of halogens is 3. The maximum atomic E-state index is 12.5. The first-order chi connectivity index (χ1) is 7.52. The molecule has 0 aromatic rings. The van der Waals surface area contributed by atoms with Crippen molar-refractivity contribution in [3.63, 3.8) is 0 Å². The Balaban J connectivity index is -0.000000321. The Labute approximate surface area is 132 Å². The van der Waals surface area contributed by atoms with Crippen LogP contribution in [-0.4, -0.2) is 12.5 Å². The third-order valence-corrected chi connectivity index (χ3v) is 2.72. The van der Waals surface area contributed by atoms with Crippen molar-refractivity contribution in [2.75, 3.05) is 0 Å². The van der Waals surface area contributed by atoms with Gasteiger partial charge in [0, 0.05) is 5.41 Å². The molecular weight excluding hydrogens is 467 g/mol. The van der Waals surface area contributed by atoms with Crippen LogP contribution < -0.4 is 0 Å². The maximum absolute atomic E-state index is 12.5. The molecular formula is C13H21F3OU. The van der Waals surface area contributed by atoms with Gasteiger partial charge in [-0.25, -0.2) is 6.58 Å². The molecule has 0 amide bonds. The van der Waals surface area contributed by atoms with Crippen LogP contribution in [0.4, 0.5) is 13.2 Å². The van der Waals surface area contributed by atoms with Gasteiger partial charge < -0.3 is 11.2 Å². The Kier molecular flexibility index (Phi) is 13.1. The summed E-state index contributed by atoms with van der Waals surface area (Å²) in [7, 11) is 0. The van der Waals surface area contributed by atoms with Crippen molar-refractivity contribution >= 4 is 6.29 Å². The minimum Gasteiger partial charge on any atom is -0.419 e. The third kappa shape index (κ3) is 8.37.